The van der Waals surface area contributed by atoms with E-state index in [1.165, 1.54) is 6.33 Å². The van der Waals surface area contributed by atoms with Gasteiger partial charge in [0.1, 0.15) is 12.7 Å². The van der Waals surface area contributed by atoms with Gasteiger partial charge in [-0.25, -0.2) is 14.5 Å². The highest BCUT2D eigenvalue weighted by Gasteiger charge is 2.35. The van der Waals surface area contributed by atoms with Crippen LogP contribution in [-0.4, -0.2) is 20.8 Å². The Hall–Kier alpha value is -1.78. The number of benzene rings is 1. The van der Waals surface area contributed by atoms with Gasteiger partial charge in [-0.3, -0.25) is 0 Å². The zero-order chi connectivity index (χ0) is 14.0. The van der Waals surface area contributed by atoms with Gasteiger partial charge in [-0.05, 0) is 46.5 Å². The number of aliphatic imine (C=N–C) groups is 1. The van der Waals surface area contributed by atoms with E-state index in [0.717, 1.165) is 41.4 Å². The maximum absolute atomic E-state index is 10.8. The van der Waals surface area contributed by atoms with Crippen molar-refractivity contribution < 1.29 is 4.79 Å². The molecule has 102 valence electrons. The van der Waals surface area contributed by atoms with Gasteiger partial charge in [0, 0.05) is 4.47 Å². The van der Waals surface area contributed by atoms with Crippen molar-refractivity contribution in [1.29, 1.82) is 0 Å². The molecule has 0 amide bonds. The SMILES string of the molecule is O=C=NC1(c2ccc(-n3cncn3)c(Br)c2)CCCC1. The summed E-state index contributed by atoms with van der Waals surface area (Å²) in [4.78, 5) is 18.8. The summed E-state index contributed by atoms with van der Waals surface area (Å²) in [5.41, 5.74) is 1.56. The van der Waals surface area contributed by atoms with Crippen LogP contribution in [0.25, 0.3) is 5.69 Å². The van der Waals surface area contributed by atoms with E-state index in [-0.39, 0.29) is 0 Å². The number of aromatic nitrogens is 3. The molecule has 1 aliphatic rings. The molecule has 0 aliphatic heterocycles. The molecule has 6 heteroatoms. The molecule has 20 heavy (non-hydrogen) atoms. The molecule has 1 aliphatic carbocycles. The molecular formula is C14H13BrN4O. The minimum atomic E-state index is -0.398. The lowest BCUT2D eigenvalue weighted by molar-refractivity contribution is 0.455. The first-order valence-corrected chi connectivity index (χ1v) is 7.28. The first-order valence-electron chi connectivity index (χ1n) is 6.49. The molecule has 0 radical (unpaired) electrons. The molecule has 0 bridgehead atoms. The van der Waals surface area contributed by atoms with Crippen LogP contribution in [0.4, 0.5) is 0 Å². The van der Waals surface area contributed by atoms with Crippen LogP contribution in [0, 0.1) is 0 Å². The Balaban J connectivity index is 2.04. The highest BCUT2D eigenvalue weighted by atomic mass is 79.9. The van der Waals surface area contributed by atoms with Gasteiger partial charge in [0.05, 0.1) is 11.2 Å². The number of nitrogens with zero attached hydrogens (tertiary/aromatic N) is 4. The molecule has 0 saturated heterocycles. The van der Waals surface area contributed by atoms with Crippen molar-refractivity contribution in [3.05, 3.63) is 40.9 Å². The highest BCUT2D eigenvalue weighted by molar-refractivity contribution is 9.10. The summed E-state index contributed by atoms with van der Waals surface area (Å²) in [6, 6.07) is 5.99. The van der Waals surface area contributed by atoms with Crippen molar-refractivity contribution in [2.24, 2.45) is 4.99 Å². The summed E-state index contributed by atoms with van der Waals surface area (Å²) >= 11 is 3.56. The summed E-state index contributed by atoms with van der Waals surface area (Å²) in [5, 5.41) is 4.12. The van der Waals surface area contributed by atoms with Crippen LogP contribution < -0.4 is 0 Å². The van der Waals surface area contributed by atoms with Crippen molar-refractivity contribution >= 4 is 22.0 Å². The number of carbonyl (C=O) groups excluding carboxylic acids is 1. The van der Waals surface area contributed by atoms with Crippen molar-refractivity contribution in [1.82, 2.24) is 14.8 Å². The fourth-order valence-corrected chi connectivity index (χ4v) is 3.39. The summed E-state index contributed by atoms with van der Waals surface area (Å²) < 4.78 is 2.60. The second kappa shape index (κ2) is 5.31. The Morgan fingerprint density at radius 3 is 2.75 bits per heavy atom. The second-order valence-corrected chi connectivity index (χ2v) is 5.80. The van der Waals surface area contributed by atoms with Crippen LogP contribution in [0.3, 0.4) is 0 Å². The van der Waals surface area contributed by atoms with E-state index in [1.54, 1.807) is 17.1 Å². The van der Waals surface area contributed by atoms with Crippen molar-refractivity contribution in [3.63, 3.8) is 0 Å². The fraction of sp³-hybridized carbons (Fsp3) is 0.357. The second-order valence-electron chi connectivity index (χ2n) is 4.95. The Morgan fingerprint density at radius 1 is 1.35 bits per heavy atom. The Morgan fingerprint density at radius 2 is 2.15 bits per heavy atom. The van der Waals surface area contributed by atoms with Gasteiger partial charge >= 0.3 is 0 Å². The van der Waals surface area contributed by atoms with Gasteiger partial charge in [-0.2, -0.15) is 10.1 Å². The normalized spacial score (nSPS) is 16.9. The third kappa shape index (κ3) is 2.21. The van der Waals surface area contributed by atoms with E-state index < -0.39 is 5.54 Å². The lowest BCUT2D eigenvalue weighted by Crippen LogP contribution is -2.19. The average Bonchev–Trinajstić information content (AvgIpc) is 3.10. The first-order chi connectivity index (χ1) is 9.75. The maximum Gasteiger partial charge on any atom is 0.235 e. The van der Waals surface area contributed by atoms with E-state index in [1.807, 2.05) is 18.2 Å². The fourth-order valence-electron chi connectivity index (χ4n) is 2.83. The number of rotatable bonds is 3. The monoisotopic (exact) mass is 332 g/mol. The number of hydrogen-bond acceptors (Lipinski definition) is 4. The molecule has 1 fully saturated rings. The molecule has 1 saturated carbocycles. The van der Waals surface area contributed by atoms with Crippen LogP contribution in [0.1, 0.15) is 31.2 Å². The van der Waals surface area contributed by atoms with Crippen LogP contribution in [0.2, 0.25) is 0 Å². The quantitative estimate of drug-likeness (QED) is 0.640. The Labute approximate surface area is 124 Å². The average molecular weight is 333 g/mol. The predicted octanol–water partition coefficient (Wildman–Crippen LogP) is 3.13. The molecule has 1 aromatic carbocycles. The third-order valence-corrected chi connectivity index (χ3v) is 4.48. The van der Waals surface area contributed by atoms with E-state index in [9.17, 15) is 4.79 Å². The standard InChI is InChI=1S/C14H13BrN4O/c15-12-7-11(14(17-10-20)5-1-2-6-14)3-4-13(12)19-9-16-8-18-19/h3-4,7-9H,1-2,5-6H2. The third-order valence-electron chi connectivity index (χ3n) is 3.84. The van der Waals surface area contributed by atoms with Gasteiger partial charge in [0.25, 0.3) is 0 Å². The predicted molar refractivity (Wildman–Crippen MR) is 77.3 cm³/mol. The van der Waals surface area contributed by atoms with Crippen LogP contribution >= 0.6 is 15.9 Å². The molecule has 0 atom stereocenters. The molecule has 0 spiro atoms. The molecular weight excluding hydrogens is 320 g/mol. The van der Waals surface area contributed by atoms with E-state index in [0.29, 0.717) is 0 Å². The molecule has 3 rings (SSSR count). The van der Waals surface area contributed by atoms with Gasteiger partial charge < -0.3 is 0 Å². The van der Waals surface area contributed by atoms with Crippen molar-refractivity contribution in [2.45, 2.75) is 31.2 Å². The number of hydrogen-bond donors (Lipinski definition) is 0. The number of isocyanates is 1. The summed E-state index contributed by atoms with van der Waals surface area (Å²) in [6.45, 7) is 0. The molecule has 5 nitrogen and oxygen atoms in total. The summed E-state index contributed by atoms with van der Waals surface area (Å²) in [7, 11) is 0. The molecule has 2 aromatic rings. The smallest absolute Gasteiger partial charge is 0.223 e. The van der Waals surface area contributed by atoms with Gasteiger partial charge in [0.2, 0.25) is 6.08 Å². The van der Waals surface area contributed by atoms with Crippen LogP contribution in [-0.2, 0) is 10.3 Å². The van der Waals surface area contributed by atoms with Gasteiger partial charge in [0.15, 0.2) is 0 Å². The molecule has 1 aromatic heterocycles. The molecule has 1 heterocycles. The molecule has 0 N–H and O–H groups in total. The summed E-state index contributed by atoms with van der Waals surface area (Å²) in [6.07, 6.45) is 8.87. The summed E-state index contributed by atoms with van der Waals surface area (Å²) in [5.74, 6) is 0. The zero-order valence-corrected chi connectivity index (χ0v) is 12.4. The van der Waals surface area contributed by atoms with Crippen LogP contribution in [0.5, 0.6) is 0 Å². The van der Waals surface area contributed by atoms with Gasteiger partial charge in [-0.15, -0.1) is 0 Å². The maximum atomic E-state index is 10.8. The highest BCUT2D eigenvalue weighted by Crippen LogP contribution is 2.43. The lowest BCUT2D eigenvalue weighted by atomic mass is 9.89. The van der Waals surface area contributed by atoms with Crippen molar-refractivity contribution in [2.75, 3.05) is 0 Å². The topological polar surface area (TPSA) is 60.1 Å². The zero-order valence-electron chi connectivity index (χ0n) is 10.8. The van der Waals surface area contributed by atoms with E-state index in [4.69, 9.17) is 0 Å². The Bertz CT molecular complexity index is 656. The Kier molecular flexibility index (Phi) is 3.51. The van der Waals surface area contributed by atoms with Crippen LogP contribution in [0.15, 0.2) is 40.3 Å². The largest absolute Gasteiger partial charge is 0.235 e. The molecule has 0 unspecified atom stereocenters. The lowest BCUT2D eigenvalue weighted by Gasteiger charge is -2.23. The number of halogens is 1. The first kappa shape index (κ1) is 13.2. The van der Waals surface area contributed by atoms with E-state index >= 15 is 0 Å². The van der Waals surface area contributed by atoms with Gasteiger partial charge in [-0.1, -0.05) is 18.9 Å². The van der Waals surface area contributed by atoms with E-state index in [2.05, 4.69) is 31.0 Å². The van der Waals surface area contributed by atoms with Crippen molar-refractivity contribution in [3.8, 4) is 5.69 Å². The minimum Gasteiger partial charge on any atom is -0.223 e. The minimum absolute atomic E-state index is 0.398.